The maximum atomic E-state index is 14.2. The number of carbonyl (C=O) groups is 5. The van der Waals surface area contributed by atoms with Gasteiger partial charge in [-0.05, 0) is 40.5 Å². The first-order valence-electron chi connectivity index (χ1n) is 16.0. The second-order valence-electron chi connectivity index (χ2n) is 13.7. The molecule has 3 aliphatic rings. The predicted molar refractivity (Wildman–Crippen MR) is 161 cm³/mol. The summed E-state index contributed by atoms with van der Waals surface area (Å²) in [4.78, 5) is 80.6. The zero-order valence-corrected chi connectivity index (χ0v) is 28.8. The number of nitroso groups, excluding NO2 is 1. The largest absolute Gasteiger partial charge is 0.458 e. The van der Waals surface area contributed by atoms with Crippen molar-refractivity contribution in [2.24, 2.45) is 23.7 Å². The molecular formula is C32H51N2O12+. The summed E-state index contributed by atoms with van der Waals surface area (Å²) in [7, 11) is 2.69. The molecule has 0 bridgehead atoms. The van der Waals surface area contributed by atoms with Gasteiger partial charge < -0.3 is 28.8 Å². The van der Waals surface area contributed by atoms with Crippen LogP contribution in [-0.2, 0) is 42.9 Å². The summed E-state index contributed by atoms with van der Waals surface area (Å²) >= 11 is 0. The van der Waals surface area contributed by atoms with E-state index in [1.54, 1.807) is 41.5 Å². The van der Waals surface area contributed by atoms with Gasteiger partial charge in [0.05, 0.1) is 23.9 Å². The lowest BCUT2D eigenvalue weighted by atomic mass is 9.73. The number of methoxy groups -OCH3 is 1. The number of aliphatic hydroxyl groups excluding tert-OH is 1. The molecular weight excluding hydrogens is 604 g/mol. The Morgan fingerprint density at radius 2 is 1.67 bits per heavy atom. The molecule has 3 rings (SSSR count). The first-order valence-corrected chi connectivity index (χ1v) is 16.0. The number of likely N-dealkylation sites (N-methyl/N-ethyl adjacent to an activating group) is 1. The van der Waals surface area contributed by atoms with Gasteiger partial charge in [-0.25, -0.2) is 9.69 Å². The standard InChI is InChI=1S/C32H51N2O12/c1-12-22-32(9)26(34(20(7)35)30(40)46-32)17(4)23(36)15(2)14-31(8,42-11)27(18(5)24(37)19(6)28(39)44-22)45-29-25(38)21(33(10)41)13-16(3)43-29/h15-19,21-22,25-27,29,38H,12-14H2,1-11H3/q+1/t15-,16-,17+,18+,19-,21+,22-,25-,26-,27-,29+,31-,32-/m1/s1. The van der Waals surface area contributed by atoms with E-state index < -0.39 is 101 Å². The second kappa shape index (κ2) is 14.1. The zero-order valence-electron chi connectivity index (χ0n) is 28.8. The average molecular weight is 656 g/mol. The molecule has 3 aliphatic heterocycles. The number of cyclic esters (lactones) is 1. The lowest BCUT2D eigenvalue weighted by Gasteiger charge is -2.45. The summed E-state index contributed by atoms with van der Waals surface area (Å²) in [6.07, 6.45) is -5.99. The number of hydrogen-bond acceptors (Lipinski definition) is 12. The van der Waals surface area contributed by atoms with Gasteiger partial charge in [-0.15, -0.1) is 0 Å². The van der Waals surface area contributed by atoms with Crippen LogP contribution < -0.4 is 0 Å². The maximum absolute atomic E-state index is 14.2. The number of hydrogen-bond donors (Lipinski definition) is 1. The third-order valence-corrected chi connectivity index (χ3v) is 10.2. The third kappa shape index (κ3) is 6.90. The van der Waals surface area contributed by atoms with Gasteiger partial charge in [0.1, 0.15) is 17.8 Å². The number of aliphatic hydroxyl groups is 1. The Morgan fingerprint density at radius 3 is 2.20 bits per heavy atom. The van der Waals surface area contributed by atoms with Crippen LogP contribution >= 0.6 is 0 Å². The molecule has 14 nitrogen and oxygen atoms in total. The number of imide groups is 1. The first-order chi connectivity index (χ1) is 21.2. The summed E-state index contributed by atoms with van der Waals surface area (Å²) in [6, 6.07) is -1.96. The molecule has 0 radical (unpaired) electrons. The number of nitrogens with zero attached hydrogens (tertiary/aromatic N) is 2. The summed E-state index contributed by atoms with van der Waals surface area (Å²) in [5.41, 5.74) is -2.97. The van der Waals surface area contributed by atoms with Crippen molar-refractivity contribution in [3.8, 4) is 0 Å². The molecule has 14 heteroatoms. The predicted octanol–water partition coefficient (Wildman–Crippen LogP) is 2.58. The fourth-order valence-electron chi connectivity index (χ4n) is 7.54. The van der Waals surface area contributed by atoms with Gasteiger partial charge in [-0.2, -0.15) is 0 Å². The molecule has 0 aromatic heterocycles. The fraction of sp³-hybridized carbons (Fsp3) is 0.844. The van der Waals surface area contributed by atoms with E-state index in [-0.39, 0.29) is 25.0 Å². The quantitative estimate of drug-likeness (QED) is 0.261. The highest BCUT2D eigenvalue weighted by molar-refractivity contribution is 6.00. The zero-order chi connectivity index (χ0) is 35.0. The Bertz CT molecular complexity index is 1230. The van der Waals surface area contributed by atoms with Crippen molar-refractivity contribution in [1.82, 2.24) is 4.90 Å². The molecule has 0 aromatic carbocycles. The Kier molecular flexibility index (Phi) is 11.6. The van der Waals surface area contributed by atoms with E-state index >= 15 is 0 Å². The van der Waals surface area contributed by atoms with Crippen molar-refractivity contribution in [1.29, 1.82) is 0 Å². The molecule has 13 atom stereocenters. The molecule has 0 spiro atoms. The van der Waals surface area contributed by atoms with Crippen LogP contribution in [0.25, 0.3) is 0 Å². The van der Waals surface area contributed by atoms with Gasteiger partial charge in [0.25, 0.3) is 0 Å². The summed E-state index contributed by atoms with van der Waals surface area (Å²) in [5, 5.41) is 11.1. The molecule has 2 amide bonds. The normalized spacial score (nSPS) is 43.0. The average Bonchev–Trinajstić information content (AvgIpc) is 3.27. The van der Waals surface area contributed by atoms with Crippen molar-refractivity contribution in [3.63, 3.8) is 0 Å². The number of amides is 2. The van der Waals surface area contributed by atoms with Gasteiger partial charge >= 0.3 is 12.1 Å². The Morgan fingerprint density at radius 1 is 1.07 bits per heavy atom. The lowest BCUT2D eigenvalue weighted by molar-refractivity contribution is -0.584. The van der Waals surface area contributed by atoms with Crippen molar-refractivity contribution < 1.29 is 57.5 Å². The number of ketones is 2. The van der Waals surface area contributed by atoms with E-state index in [0.717, 1.165) is 4.90 Å². The molecule has 3 heterocycles. The van der Waals surface area contributed by atoms with Crippen LogP contribution in [-0.4, -0.2) is 112 Å². The van der Waals surface area contributed by atoms with E-state index in [1.807, 2.05) is 0 Å². The van der Waals surface area contributed by atoms with Crippen molar-refractivity contribution in [2.75, 3.05) is 14.2 Å². The summed E-state index contributed by atoms with van der Waals surface area (Å²) in [6.45, 7) is 14.0. The highest BCUT2D eigenvalue weighted by Gasteiger charge is 2.61. The first kappa shape index (κ1) is 37.6. The van der Waals surface area contributed by atoms with Crippen LogP contribution in [0.1, 0.15) is 81.6 Å². The lowest BCUT2D eigenvalue weighted by Crippen LogP contribution is -2.60. The third-order valence-electron chi connectivity index (χ3n) is 10.2. The number of carbonyl (C=O) groups excluding carboxylic acids is 5. The van der Waals surface area contributed by atoms with Crippen molar-refractivity contribution in [3.05, 3.63) is 4.91 Å². The minimum Gasteiger partial charge on any atom is -0.458 e. The van der Waals surface area contributed by atoms with Gasteiger partial charge in [0.15, 0.2) is 30.8 Å². The van der Waals surface area contributed by atoms with Crippen LogP contribution in [0.5, 0.6) is 0 Å². The molecule has 0 aromatic rings. The molecule has 0 saturated carbocycles. The second-order valence-corrected chi connectivity index (χ2v) is 13.7. The molecule has 0 aliphatic carbocycles. The van der Waals surface area contributed by atoms with Gasteiger partial charge in [0, 0.05) is 47.9 Å². The van der Waals surface area contributed by atoms with Crippen molar-refractivity contribution >= 4 is 29.5 Å². The van der Waals surface area contributed by atoms with Crippen LogP contribution in [0.2, 0.25) is 0 Å². The molecule has 1 N–H and O–H groups in total. The molecule has 3 fully saturated rings. The Hall–Kier alpha value is -2.81. The smallest absolute Gasteiger partial charge is 0.417 e. The van der Waals surface area contributed by atoms with Crippen LogP contribution in [0, 0.1) is 28.6 Å². The van der Waals surface area contributed by atoms with E-state index in [9.17, 15) is 34.0 Å². The van der Waals surface area contributed by atoms with Gasteiger partial charge in [-0.3, -0.25) is 19.2 Å². The highest BCUT2D eigenvalue weighted by Crippen LogP contribution is 2.43. The molecule has 0 unspecified atom stereocenters. The van der Waals surface area contributed by atoms with Crippen LogP contribution in [0.15, 0.2) is 0 Å². The Labute approximate surface area is 270 Å². The minimum atomic E-state index is -1.59. The number of Topliss-reactive ketones (excluding diaryl/α,β-unsaturated/α-hetero) is 2. The monoisotopic (exact) mass is 655 g/mol. The molecule has 260 valence electrons. The number of esters is 1. The van der Waals surface area contributed by atoms with Crippen LogP contribution in [0.3, 0.4) is 0 Å². The summed E-state index contributed by atoms with van der Waals surface area (Å²) < 4.78 is 30.5. The molecule has 46 heavy (non-hydrogen) atoms. The van der Waals surface area contributed by atoms with Crippen LogP contribution in [0.4, 0.5) is 4.79 Å². The van der Waals surface area contributed by atoms with Crippen molar-refractivity contribution in [2.45, 2.75) is 136 Å². The number of rotatable bonds is 5. The van der Waals surface area contributed by atoms with E-state index in [1.165, 1.54) is 34.9 Å². The Balaban J connectivity index is 2.15. The fourth-order valence-corrected chi connectivity index (χ4v) is 7.54. The topological polar surface area (TPSA) is 175 Å². The highest BCUT2D eigenvalue weighted by atomic mass is 16.7. The summed E-state index contributed by atoms with van der Waals surface area (Å²) in [5.74, 6) is -6.50. The SMILES string of the molecule is CC[C@H]1OC(=O)[C@H](C)C(=O)[C@H](C)[C@@H](O[C@@H]2O[C@H](C)C[C@H]([N+](C)=O)[C@H]2O)[C@](C)(OC)C[C@@H](C)C(=O)[C@H](C)[C@H]2N(C(C)=O)C(=O)O[C@]12C. The number of fused-ring (bicyclic) bond motifs is 1. The molecule has 3 saturated heterocycles. The minimum absolute atomic E-state index is 0.00651. The van der Waals surface area contributed by atoms with Gasteiger partial charge in [-0.1, -0.05) is 27.7 Å². The van der Waals surface area contributed by atoms with E-state index in [2.05, 4.69) is 0 Å². The van der Waals surface area contributed by atoms with E-state index in [0.29, 0.717) is 4.76 Å². The maximum Gasteiger partial charge on any atom is 0.417 e. The number of ether oxygens (including phenoxy) is 5. The van der Waals surface area contributed by atoms with E-state index in [4.69, 9.17) is 23.7 Å². The van der Waals surface area contributed by atoms with Gasteiger partial charge in [0.2, 0.25) is 11.9 Å².